The fraction of sp³-hybridized carbons (Fsp3) is 0.444. The minimum Gasteiger partial charge on any atom is -0.369 e. The molecule has 2 aromatic carbocycles. The number of piperidine rings is 1. The highest BCUT2D eigenvalue weighted by Crippen LogP contribution is 2.29. The van der Waals surface area contributed by atoms with E-state index in [1.807, 2.05) is 0 Å². The molecule has 1 aliphatic heterocycles. The molecule has 1 saturated heterocycles. The molecule has 1 aliphatic carbocycles. The molecule has 0 aromatic heterocycles. The van der Waals surface area contributed by atoms with Crippen LogP contribution in [0.2, 0.25) is 0 Å². The molecule has 2 aromatic rings. The van der Waals surface area contributed by atoms with E-state index >= 15 is 0 Å². The Labute approximate surface area is 120 Å². The van der Waals surface area contributed by atoms with Gasteiger partial charge in [0.05, 0.1) is 0 Å². The quantitative estimate of drug-likeness (QED) is 0.914. The molecule has 1 atom stereocenters. The SMILES string of the molecule is c1ccc2c(N3CCCC(NC4CC4)C3)cccc2c1. The van der Waals surface area contributed by atoms with Crippen LogP contribution in [0.1, 0.15) is 25.7 Å². The molecular formula is C18H22N2. The van der Waals surface area contributed by atoms with Crippen LogP contribution in [0, 0.1) is 0 Å². The van der Waals surface area contributed by atoms with Crippen LogP contribution in [0.5, 0.6) is 0 Å². The summed E-state index contributed by atoms with van der Waals surface area (Å²) in [7, 11) is 0. The second-order valence-corrected chi connectivity index (χ2v) is 6.22. The highest BCUT2D eigenvalue weighted by atomic mass is 15.2. The normalized spacial score (nSPS) is 23.2. The van der Waals surface area contributed by atoms with Crippen molar-refractivity contribution in [2.45, 2.75) is 37.8 Å². The summed E-state index contributed by atoms with van der Waals surface area (Å²) in [5, 5.41) is 6.54. The molecule has 20 heavy (non-hydrogen) atoms. The molecule has 2 fully saturated rings. The average Bonchev–Trinajstić information content (AvgIpc) is 3.31. The van der Waals surface area contributed by atoms with Gasteiger partial charge in [0.1, 0.15) is 0 Å². The van der Waals surface area contributed by atoms with Gasteiger partial charge in [-0.2, -0.15) is 0 Å². The Kier molecular flexibility index (Phi) is 3.12. The van der Waals surface area contributed by atoms with E-state index in [-0.39, 0.29) is 0 Å². The van der Waals surface area contributed by atoms with Crippen LogP contribution in [-0.2, 0) is 0 Å². The van der Waals surface area contributed by atoms with Crippen molar-refractivity contribution in [3.63, 3.8) is 0 Å². The van der Waals surface area contributed by atoms with Crippen LogP contribution in [0.15, 0.2) is 42.5 Å². The Morgan fingerprint density at radius 3 is 2.65 bits per heavy atom. The monoisotopic (exact) mass is 266 g/mol. The molecule has 1 saturated carbocycles. The Morgan fingerprint density at radius 2 is 1.75 bits per heavy atom. The van der Waals surface area contributed by atoms with Crippen molar-refractivity contribution >= 4 is 16.5 Å². The van der Waals surface area contributed by atoms with E-state index in [1.165, 1.54) is 48.7 Å². The van der Waals surface area contributed by atoms with E-state index in [4.69, 9.17) is 0 Å². The van der Waals surface area contributed by atoms with Crippen molar-refractivity contribution in [3.05, 3.63) is 42.5 Å². The molecule has 0 amide bonds. The summed E-state index contributed by atoms with van der Waals surface area (Å²) < 4.78 is 0. The van der Waals surface area contributed by atoms with Crippen molar-refractivity contribution in [1.82, 2.24) is 5.32 Å². The van der Waals surface area contributed by atoms with E-state index in [9.17, 15) is 0 Å². The van der Waals surface area contributed by atoms with Gasteiger partial charge in [-0.05, 0) is 37.1 Å². The van der Waals surface area contributed by atoms with Crippen molar-refractivity contribution < 1.29 is 0 Å². The standard InChI is InChI=1S/C18H22N2/c1-2-8-17-14(5-1)6-3-9-18(17)20-12-4-7-16(13-20)19-15-10-11-15/h1-3,5-6,8-9,15-16,19H,4,7,10-13H2. The van der Waals surface area contributed by atoms with Crippen molar-refractivity contribution in [2.75, 3.05) is 18.0 Å². The van der Waals surface area contributed by atoms with Crippen LogP contribution in [0.4, 0.5) is 5.69 Å². The summed E-state index contributed by atoms with van der Waals surface area (Å²) in [6, 6.07) is 16.9. The summed E-state index contributed by atoms with van der Waals surface area (Å²) in [6.07, 6.45) is 5.39. The number of fused-ring (bicyclic) bond motifs is 1. The molecule has 0 bridgehead atoms. The zero-order valence-electron chi connectivity index (χ0n) is 11.9. The van der Waals surface area contributed by atoms with Gasteiger partial charge in [0.15, 0.2) is 0 Å². The molecule has 1 heterocycles. The lowest BCUT2D eigenvalue weighted by molar-refractivity contribution is 0.421. The number of hydrogen-bond donors (Lipinski definition) is 1. The van der Waals surface area contributed by atoms with Gasteiger partial charge in [0.25, 0.3) is 0 Å². The summed E-state index contributed by atoms with van der Waals surface area (Å²) in [6.45, 7) is 2.35. The van der Waals surface area contributed by atoms with Crippen molar-refractivity contribution in [2.24, 2.45) is 0 Å². The lowest BCUT2D eigenvalue weighted by atomic mass is 10.0. The smallest absolute Gasteiger partial charge is 0.0446 e. The molecule has 4 rings (SSSR count). The fourth-order valence-electron chi connectivity index (χ4n) is 3.40. The molecular weight excluding hydrogens is 244 g/mol. The van der Waals surface area contributed by atoms with Crippen LogP contribution in [0.3, 0.4) is 0 Å². The number of nitrogens with one attached hydrogen (secondary N) is 1. The zero-order chi connectivity index (χ0) is 13.4. The first-order chi connectivity index (χ1) is 9.90. The van der Waals surface area contributed by atoms with E-state index < -0.39 is 0 Å². The molecule has 104 valence electrons. The van der Waals surface area contributed by atoms with E-state index in [0.29, 0.717) is 6.04 Å². The molecule has 1 unspecified atom stereocenters. The van der Waals surface area contributed by atoms with Crippen molar-refractivity contribution in [1.29, 1.82) is 0 Å². The minimum atomic E-state index is 0.676. The fourth-order valence-corrected chi connectivity index (χ4v) is 3.40. The molecule has 2 nitrogen and oxygen atoms in total. The van der Waals surface area contributed by atoms with Crippen LogP contribution in [-0.4, -0.2) is 25.2 Å². The number of benzene rings is 2. The largest absolute Gasteiger partial charge is 0.369 e. The number of anilines is 1. The summed E-state index contributed by atoms with van der Waals surface area (Å²) >= 11 is 0. The Hall–Kier alpha value is -1.54. The zero-order valence-corrected chi connectivity index (χ0v) is 11.9. The van der Waals surface area contributed by atoms with Gasteiger partial charge in [-0.25, -0.2) is 0 Å². The maximum absolute atomic E-state index is 3.80. The number of hydrogen-bond acceptors (Lipinski definition) is 2. The Balaban J connectivity index is 1.61. The number of rotatable bonds is 3. The first-order valence-corrected chi connectivity index (χ1v) is 7.89. The highest BCUT2D eigenvalue weighted by Gasteiger charge is 2.27. The van der Waals surface area contributed by atoms with Crippen LogP contribution < -0.4 is 10.2 Å². The molecule has 0 radical (unpaired) electrons. The van der Waals surface area contributed by atoms with Gasteiger partial charge in [-0.1, -0.05) is 36.4 Å². The lowest BCUT2D eigenvalue weighted by Crippen LogP contribution is -2.46. The third-order valence-electron chi connectivity index (χ3n) is 4.58. The Bertz CT molecular complexity index is 598. The van der Waals surface area contributed by atoms with Gasteiger partial charge < -0.3 is 10.2 Å². The second-order valence-electron chi connectivity index (χ2n) is 6.22. The van der Waals surface area contributed by atoms with Crippen LogP contribution in [0.25, 0.3) is 10.8 Å². The summed E-state index contributed by atoms with van der Waals surface area (Å²) in [5.41, 5.74) is 1.41. The first-order valence-electron chi connectivity index (χ1n) is 7.89. The topological polar surface area (TPSA) is 15.3 Å². The molecule has 2 aliphatic rings. The van der Waals surface area contributed by atoms with E-state index in [2.05, 4.69) is 52.7 Å². The first kappa shape index (κ1) is 12.2. The second kappa shape index (κ2) is 5.10. The van der Waals surface area contributed by atoms with Gasteiger partial charge in [-0.15, -0.1) is 0 Å². The lowest BCUT2D eigenvalue weighted by Gasteiger charge is -2.35. The summed E-state index contributed by atoms with van der Waals surface area (Å²) in [5.74, 6) is 0. The van der Waals surface area contributed by atoms with Gasteiger partial charge in [0, 0.05) is 36.2 Å². The van der Waals surface area contributed by atoms with Gasteiger partial charge in [-0.3, -0.25) is 0 Å². The molecule has 2 heteroatoms. The predicted molar refractivity (Wildman–Crippen MR) is 85.3 cm³/mol. The minimum absolute atomic E-state index is 0.676. The number of nitrogens with zero attached hydrogens (tertiary/aromatic N) is 1. The predicted octanol–water partition coefficient (Wildman–Crippen LogP) is 3.56. The van der Waals surface area contributed by atoms with E-state index in [1.54, 1.807) is 0 Å². The van der Waals surface area contributed by atoms with E-state index in [0.717, 1.165) is 12.6 Å². The maximum atomic E-state index is 3.80. The third-order valence-corrected chi connectivity index (χ3v) is 4.58. The van der Waals surface area contributed by atoms with Gasteiger partial charge in [0.2, 0.25) is 0 Å². The van der Waals surface area contributed by atoms with Crippen molar-refractivity contribution in [3.8, 4) is 0 Å². The third kappa shape index (κ3) is 2.40. The highest BCUT2D eigenvalue weighted by molar-refractivity contribution is 5.94. The summed E-state index contributed by atoms with van der Waals surface area (Å²) in [4.78, 5) is 2.58. The van der Waals surface area contributed by atoms with Crippen LogP contribution >= 0.6 is 0 Å². The Morgan fingerprint density at radius 1 is 0.900 bits per heavy atom. The maximum Gasteiger partial charge on any atom is 0.0446 e. The van der Waals surface area contributed by atoms with Gasteiger partial charge >= 0.3 is 0 Å². The molecule has 0 spiro atoms. The molecule has 1 N–H and O–H groups in total. The average molecular weight is 266 g/mol.